The number of methoxy groups -OCH3 is 2. The molecule has 1 aliphatic carbocycles. The molecule has 0 aromatic carbocycles. The van der Waals surface area contributed by atoms with Crippen LogP contribution in [0, 0.1) is 0 Å². The molecule has 78 valence electrons. The van der Waals surface area contributed by atoms with Crippen LogP contribution in [0.15, 0.2) is 23.2 Å². The maximum atomic E-state index is 11.1. The van der Waals surface area contributed by atoms with Crippen LogP contribution in [-0.4, -0.2) is 31.3 Å². The Bertz CT molecular complexity index is 306. The van der Waals surface area contributed by atoms with E-state index < -0.39 is 12.0 Å². The Hall–Kier alpha value is -1.49. The number of aliphatic hydroxyl groups is 1. The first-order valence-corrected chi connectivity index (χ1v) is 4.11. The van der Waals surface area contributed by atoms with Crippen LogP contribution in [0.4, 0.5) is 0 Å². The smallest absolute Gasteiger partial charge is 0.255 e. The van der Waals surface area contributed by atoms with Crippen LogP contribution in [0.5, 0.6) is 0 Å². The lowest BCUT2D eigenvalue weighted by molar-refractivity contribution is -0.114. The van der Waals surface area contributed by atoms with Crippen LogP contribution in [0.1, 0.15) is 6.42 Å². The molecular weight excluding hydrogens is 186 g/mol. The average molecular weight is 199 g/mol. The molecule has 0 heterocycles. The topological polar surface area (TPSA) is 81.8 Å². The summed E-state index contributed by atoms with van der Waals surface area (Å²) in [5.74, 6) is -0.0145. The van der Waals surface area contributed by atoms with E-state index in [1.54, 1.807) is 0 Å². The molecule has 3 N–H and O–H groups in total. The fraction of sp³-hybridized carbons (Fsp3) is 0.444. The van der Waals surface area contributed by atoms with Gasteiger partial charge in [-0.2, -0.15) is 0 Å². The zero-order valence-electron chi connectivity index (χ0n) is 8.11. The van der Waals surface area contributed by atoms with Crippen LogP contribution in [-0.2, 0) is 14.3 Å². The molecule has 0 radical (unpaired) electrons. The van der Waals surface area contributed by atoms with Gasteiger partial charge in [0.25, 0.3) is 5.91 Å². The van der Waals surface area contributed by atoms with Gasteiger partial charge in [0.1, 0.15) is 17.1 Å². The molecule has 1 amide bonds. The second-order valence-corrected chi connectivity index (χ2v) is 2.87. The molecule has 1 aliphatic rings. The summed E-state index contributed by atoms with van der Waals surface area (Å²) in [6.07, 6.45) is 0.965. The van der Waals surface area contributed by atoms with E-state index in [1.165, 1.54) is 20.3 Å². The first kappa shape index (κ1) is 10.6. The Balaban J connectivity index is 3.13. The van der Waals surface area contributed by atoms with Gasteiger partial charge in [0.2, 0.25) is 0 Å². The van der Waals surface area contributed by atoms with Gasteiger partial charge in [-0.05, 0) is 6.08 Å². The van der Waals surface area contributed by atoms with Gasteiger partial charge in [0, 0.05) is 6.42 Å². The van der Waals surface area contributed by atoms with Crippen molar-refractivity contribution >= 4 is 5.91 Å². The number of carbonyl (C=O) groups excluding carboxylic acids is 1. The zero-order chi connectivity index (χ0) is 10.7. The Kier molecular flexibility index (Phi) is 3.14. The maximum Gasteiger partial charge on any atom is 0.255 e. The van der Waals surface area contributed by atoms with Crippen molar-refractivity contribution in [3.05, 3.63) is 23.2 Å². The van der Waals surface area contributed by atoms with E-state index in [1.807, 2.05) is 0 Å². The molecule has 1 rings (SSSR count). The summed E-state index contributed by atoms with van der Waals surface area (Å²) in [6, 6.07) is 0. The lowest BCUT2D eigenvalue weighted by Gasteiger charge is -2.20. The highest BCUT2D eigenvalue weighted by Crippen LogP contribution is 2.26. The Labute approximate surface area is 81.8 Å². The molecule has 5 heteroatoms. The van der Waals surface area contributed by atoms with E-state index in [4.69, 9.17) is 15.2 Å². The quantitative estimate of drug-likeness (QED) is 0.652. The van der Waals surface area contributed by atoms with Crippen LogP contribution in [0.2, 0.25) is 0 Å². The molecule has 0 fully saturated rings. The third kappa shape index (κ3) is 1.88. The summed E-state index contributed by atoms with van der Waals surface area (Å²) in [4.78, 5) is 11.1. The normalized spacial score (nSPS) is 21.6. The van der Waals surface area contributed by atoms with Crippen molar-refractivity contribution in [1.82, 2.24) is 0 Å². The summed E-state index contributed by atoms with van der Waals surface area (Å²) < 4.78 is 9.90. The lowest BCUT2D eigenvalue weighted by Crippen LogP contribution is -2.24. The third-order valence-electron chi connectivity index (χ3n) is 1.98. The minimum absolute atomic E-state index is 0.195. The van der Waals surface area contributed by atoms with Gasteiger partial charge in [-0.25, -0.2) is 0 Å². The number of rotatable bonds is 3. The highest BCUT2D eigenvalue weighted by Gasteiger charge is 2.26. The monoisotopic (exact) mass is 199 g/mol. The van der Waals surface area contributed by atoms with Crippen LogP contribution >= 0.6 is 0 Å². The second kappa shape index (κ2) is 4.15. The van der Waals surface area contributed by atoms with E-state index in [-0.39, 0.29) is 17.8 Å². The molecule has 0 saturated heterocycles. The minimum atomic E-state index is -0.706. The number of primary amides is 1. The third-order valence-corrected chi connectivity index (χ3v) is 1.98. The van der Waals surface area contributed by atoms with Crippen molar-refractivity contribution in [2.24, 2.45) is 5.73 Å². The van der Waals surface area contributed by atoms with Gasteiger partial charge >= 0.3 is 0 Å². The van der Waals surface area contributed by atoms with Gasteiger partial charge in [0.15, 0.2) is 0 Å². The molecule has 0 bridgehead atoms. The van der Waals surface area contributed by atoms with E-state index in [2.05, 4.69) is 0 Å². The summed E-state index contributed by atoms with van der Waals surface area (Å²) >= 11 is 0. The van der Waals surface area contributed by atoms with E-state index in [9.17, 15) is 9.90 Å². The molecule has 0 aromatic heterocycles. The fourth-order valence-corrected chi connectivity index (χ4v) is 1.36. The Morgan fingerprint density at radius 3 is 2.64 bits per heavy atom. The lowest BCUT2D eigenvalue weighted by atomic mass is 10.0. The van der Waals surface area contributed by atoms with Gasteiger partial charge in [-0.3, -0.25) is 4.79 Å². The first-order valence-electron chi connectivity index (χ1n) is 4.11. The van der Waals surface area contributed by atoms with Gasteiger partial charge in [-0.15, -0.1) is 0 Å². The largest absolute Gasteiger partial charge is 0.500 e. The van der Waals surface area contributed by atoms with Crippen LogP contribution in [0.3, 0.4) is 0 Å². The number of hydrogen-bond donors (Lipinski definition) is 2. The van der Waals surface area contributed by atoms with E-state index >= 15 is 0 Å². The SMILES string of the molecule is COC1=CC(O)CC(OC)=C1C(N)=O. The molecule has 1 unspecified atom stereocenters. The minimum Gasteiger partial charge on any atom is -0.500 e. The maximum absolute atomic E-state index is 11.1. The molecule has 5 nitrogen and oxygen atoms in total. The van der Waals surface area contributed by atoms with Crippen molar-refractivity contribution in [3.63, 3.8) is 0 Å². The molecule has 0 spiro atoms. The number of hydrogen-bond acceptors (Lipinski definition) is 4. The van der Waals surface area contributed by atoms with Crippen molar-refractivity contribution in [3.8, 4) is 0 Å². The molecule has 14 heavy (non-hydrogen) atoms. The van der Waals surface area contributed by atoms with Gasteiger partial charge in [-0.1, -0.05) is 0 Å². The molecular formula is C9H13NO4. The summed E-state index contributed by atoms with van der Waals surface area (Å²) in [7, 11) is 2.82. The highest BCUT2D eigenvalue weighted by molar-refractivity contribution is 5.96. The van der Waals surface area contributed by atoms with Crippen molar-refractivity contribution < 1.29 is 19.4 Å². The number of nitrogens with two attached hydrogens (primary N) is 1. The van der Waals surface area contributed by atoms with E-state index in [0.717, 1.165) is 0 Å². The number of amides is 1. The molecule has 1 atom stereocenters. The van der Waals surface area contributed by atoms with E-state index in [0.29, 0.717) is 5.76 Å². The standard InChI is InChI=1S/C9H13NO4/c1-13-6-3-5(11)4-7(14-2)8(6)9(10)12/h3,5,11H,4H2,1-2H3,(H2,10,12). The predicted octanol–water partition coefficient (Wildman–Crippen LogP) is -0.333. The summed E-state index contributed by atoms with van der Waals surface area (Å²) in [5.41, 5.74) is 5.36. The predicted molar refractivity (Wildman–Crippen MR) is 48.9 cm³/mol. The Morgan fingerprint density at radius 1 is 1.57 bits per heavy atom. The van der Waals surface area contributed by atoms with Crippen molar-refractivity contribution in [1.29, 1.82) is 0 Å². The Morgan fingerprint density at radius 2 is 2.21 bits per heavy atom. The van der Waals surface area contributed by atoms with Crippen LogP contribution in [0.25, 0.3) is 0 Å². The van der Waals surface area contributed by atoms with Gasteiger partial charge in [0.05, 0.1) is 20.3 Å². The average Bonchev–Trinajstić information content (AvgIpc) is 2.15. The number of ether oxygens (including phenoxy) is 2. The fourth-order valence-electron chi connectivity index (χ4n) is 1.36. The van der Waals surface area contributed by atoms with Crippen molar-refractivity contribution in [2.45, 2.75) is 12.5 Å². The summed E-state index contributed by atoms with van der Waals surface area (Å²) in [6.45, 7) is 0. The molecule has 0 saturated carbocycles. The van der Waals surface area contributed by atoms with Crippen LogP contribution < -0.4 is 5.73 Å². The number of carbonyl (C=O) groups is 1. The second-order valence-electron chi connectivity index (χ2n) is 2.87. The molecule has 0 aromatic rings. The first-order chi connectivity index (χ1) is 6.60. The summed E-state index contributed by atoms with van der Waals surface area (Å²) in [5, 5.41) is 9.39. The van der Waals surface area contributed by atoms with Gasteiger partial charge < -0.3 is 20.3 Å². The number of aliphatic hydroxyl groups excluding tert-OH is 1. The molecule has 0 aliphatic heterocycles. The zero-order valence-corrected chi connectivity index (χ0v) is 8.11. The van der Waals surface area contributed by atoms with Crippen molar-refractivity contribution in [2.75, 3.05) is 14.2 Å². The highest BCUT2D eigenvalue weighted by atomic mass is 16.5.